The van der Waals surface area contributed by atoms with Crippen molar-refractivity contribution in [3.05, 3.63) is 53.9 Å². The number of ether oxygens (including phenoxy) is 2. The van der Waals surface area contributed by atoms with E-state index < -0.39 is 18.7 Å². The molecular formula is C16H17NO5. The molecule has 0 radical (unpaired) electrons. The molecule has 0 amide bonds. The number of rotatable bonds is 7. The van der Waals surface area contributed by atoms with Crippen molar-refractivity contribution in [1.82, 2.24) is 4.98 Å². The number of aliphatic hydroxyl groups excluding tert-OH is 1. The average molecular weight is 303 g/mol. The zero-order valence-electron chi connectivity index (χ0n) is 12.1. The molecule has 1 unspecified atom stereocenters. The molecule has 2 rings (SSSR count). The van der Waals surface area contributed by atoms with E-state index in [-0.39, 0.29) is 0 Å². The number of benzene rings is 1. The molecule has 1 aromatic carbocycles. The van der Waals surface area contributed by atoms with Crippen LogP contribution in [-0.4, -0.2) is 34.4 Å². The van der Waals surface area contributed by atoms with Crippen molar-refractivity contribution in [2.24, 2.45) is 0 Å². The summed E-state index contributed by atoms with van der Waals surface area (Å²) in [6.07, 6.45) is 0.709. The zero-order valence-corrected chi connectivity index (χ0v) is 12.1. The molecule has 0 aliphatic carbocycles. The van der Waals surface area contributed by atoms with Crippen molar-refractivity contribution in [2.75, 3.05) is 13.2 Å². The highest BCUT2D eigenvalue weighted by molar-refractivity contribution is 5.68. The summed E-state index contributed by atoms with van der Waals surface area (Å²) in [4.78, 5) is 14.7. The van der Waals surface area contributed by atoms with Crippen LogP contribution in [0, 0.1) is 0 Å². The predicted molar refractivity (Wildman–Crippen MR) is 79.0 cm³/mol. The van der Waals surface area contributed by atoms with Crippen molar-refractivity contribution >= 4 is 5.97 Å². The van der Waals surface area contributed by atoms with E-state index in [0.29, 0.717) is 29.4 Å². The van der Waals surface area contributed by atoms with Crippen LogP contribution in [0.5, 0.6) is 11.5 Å². The second-order valence-corrected chi connectivity index (χ2v) is 4.48. The second-order valence-electron chi connectivity index (χ2n) is 4.48. The summed E-state index contributed by atoms with van der Waals surface area (Å²) in [5.41, 5.74) is 1.11. The van der Waals surface area contributed by atoms with E-state index in [1.165, 1.54) is 0 Å². The number of aliphatic carboxylic acids is 1. The van der Waals surface area contributed by atoms with Gasteiger partial charge in [-0.1, -0.05) is 12.1 Å². The van der Waals surface area contributed by atoms with Crippen molar-refractivity contribution in [1.29, 1.82) is 0 Å². The SMILES string of the molecule is CCOc1cc(C(O)c2ccccn2)ccc1OCC(=O)O. The molecular weight excluding hydrogens is 286 g/mol. The Balaban J connectivity index is 2.26. The summed E-state index contributed by atoms with van der Waals surface area (Å²) >= 11 is 0. The maximum absolute atomic E-state index is 10.6. The number of carboxylic acids is 1. The number of carbonyl (C=O) groups is 1. The molecule has 0 saturated carbocycles. The molecule has 0 fully saturated rings. The number of carboxylic acid groups (broad SMARTS) is 1. The molecule has 2 aromatic rings. The fourth-order valence-electron chi connectivity index (χ4n) is 1.93. The average Bonchev–Trinajstić information content (AvgIpc) is 2.54. The maximum atomic E-state index is 10.6. The van der Waals surface area contributed by atoms with Gasteiger partial charge in [0.05, 0.1) is 12.3 Å². The second kappa shape index (κ2) is 7.42. The molecule has 6 nitrogen and oxygen atoms in total. The minimum Gasteiger partial charge on any atom is -0.490 e. The highest BCUT2D eigenvalue weighted by atomic mass is 16.5. The third-order valence-electron chi connectivity index (χ3n) is 2.90. The Morgan fingerprint density at radius 1 is 1.23 bits per heavy atom. The molecule has 0 spiro atoms. The van der Waals surface area contributed by atoms with Gasteiger partial charge in [0.25, 0.3) is 0 Å². The van der Waals surface area contributed by atoms with Crippen molar-refractivity contribution in [3.8, 4) is 11.5 Å². The number of nitrogens with zero attached hydrogens (tertiary/aromatic N) is 1. The lowest BCUT2D eigenvalue weighted by atomic mass is 10.1. The van der Waals surface area contributed by atoms with E-state index in [1.54, 1.807) is 42.6 Å². The molecule has 1 heterocycles. The number of pyridine rings is 1. The van der Waals surface area contributed by atoms with E-state index in [2.05, 4.69) is 4.98 Å². The quantitative estimate of drug-likeness (QED) is 0.813. The van der Waals surface area contributed by atoms with Crippen molar-refractivity contribution in [2.45, 2.75) is 13.0 Å². The first-order chi connectivity index (χ1) is 10.6. The number of hydrogen-bond donors (Lipinski definition) is 2. The van der Waals surface area contributed by atoms with Gasteiger partial charge in [0, 0.05) is 6.20 Å². The highest BCUT2D eigenvalue weighted by Crippen LogP contribution is 2.32. The molecule has 1 aromatic heterocycles. The van der Waals surface area contributed by atoms with Gasteiger partial charge in [0.1, 0.15) is 6.10 Å². The topological polar surface area (TPSA) is 88.9 Å². The van der Waals surface area contributed by atoms with Gasteiger partial charge >= 0.3 is 5.97 Å². The van der Waals surface area contributed by atoms with E-state index in [0.717, 1.165) is 0 Å². The summed E-state index contributed by atoms with van der Waals surface area (Å²) in [6, 6.07) is 10.1. The molecule has 0 saturated heterocycles. The lowest BCUT2D eigenvalue weighted by Crippen LogP contribution is -2.11. The number of aromatic nitrogens is 1. The minimum absolute atomic E-state index is 0.321. The summed E-state index contributed by atoms with van der Waals surface area (Å²) < 4.78 is 10.6. The molecule has 116 valence electrons. The van der Waals surface area contributed by atoms with E-state index in [4.69, 9.17) is 14.6 Å². The summed E-state index contributed by atoms with van der Waals surface area (Å²) in [5, 5.41) is 19.0. The van der Waals surface area contributed by atoms with Crippen LogP contribution >= 0.6 is 0 Å². The zero-order chi connectivity index (χ0) is 15.9. The van der Waals surface area contributed by atoms with Crippen LogP contribution in [0.15, 0.2) is 42.6 Å². The lowest BCUT2D eigenvalue weighted by Gasteiger charge is -2.15. The standard InChI is InChI=1S/C16H17NO5/c1-2-21-14-9-11(6-7-13(14)22-10-15(18)19)16(20)12-5-3-4-8-17-12/h3-9,16,20H,2,10H2,1H3,(H,18,19). The first-order valence-corrected chi connectivity index (χ1v) is 6.82. The van der Waals surface area contributed by atoms with E-state index in [9.17, 15) is 9.90 Å². The molecule has 6 heteroatoms. The normalized spacial score (nSPS) is 11.7. The van der Waals surface area contributed by atoms with Crippen LogP contribution in [0.3, 0.4) is 0 Å². The van der Waals surface area contributed by atoms with Gasteiger partial charge in [0.2, 0.25) is 0 Å². The monoisotopic (exact) mass is 303 g/mol. The van der Waals surface area contributed by atoms with Gasteiger partial charge in [-0.25, -0.2) is 4.79 Å². The van der Waals surface area contributed by atoms with E-state index >= 15 is 0 Å². The van der Waals surface area contributed by atoms with Gasteiger partial charge in [-0.15, -0.1) is 0 Å². The van der Waals surface area contributed by atoms with Crippen LogP contribution in [0.4, 0.5) is 0 Å². The van der Waals surface area contributed by atoms with Gasteiger partial charge < -0.3 is 19.7 Å². The van der Waals surface area contributed by atoms with Crippen molar-refractivity contribution in [3.63, 3.8) is 0 Å². The van der Waals surface area contributed by atoms with Crippen LogP contribution in [0.25, 0.3) is 0 Å². The van der Waals surface area contributed by atoms with Gasteiger partial charge in [-0.05, 0) is 36.8 Å². The van der Waals surface area contributed by atoms with E-state index in [1.807, 2.05) is 6.92 Å². The molecule has 1 atom stereocenters. The fraction of sp³-hybridized carbons (Fsp3) is 0.250. The van der Waals surface area contributed by atoms with Crippen LogP contribution in [-0.2, 0) is 4.79 Å². The molecule has 22 heavy (non-hydrogen) atoms. The van der Waals surface area contributed by atoms with Gasteiger partial charge in [0.15, 0.2) is 18.1 Å². The van der Waals surface area contributed by atoms with Crippen LogP contribution in [0.2, 0.25) is 0 Å². The lowest BCUT2D eigenvalue weighted by molar-refractivity contribution is -0.139. The number of hydrogen-bond acceptors (Lipinski definition) is 5. The Labute approximate surface area is 128 Å². The Morgan fingerprint density at radius 3 is 2.68 bits per heavy atom. The Bertz CT molecular complexity index is 630. The summed E-state index contributed by atoms with van der Waals surface area (Å²) in [7, 11) is 0. The molecule has 0 aliphatic rings. The first-order valence-electron chi connectivity index (χ1n) is 6.82. The third-order valence-corrected chi connectivity index (χ3v) is 2.90. The Kier molecular flexibility index (Phi) is 5.32. The number of aliphatic hydroxyl groups is 1. The molecule has 0 aliphatic heterocycles. The molecule has 2 N–H and O–H groups in total. The van der Waals surface area contributed by atoms with Crippen LogP contribution < -0.4 is 9.47 Å². The largest absolute Gasteiger partial charge is 0.490 e. The Morgan fingerprint density at radius 2 is 2.05 bits per heavy atom. The van der Waals surface area contributed by atoms with Crippen LogP contribution in [0.1, 0.15) is 24.3 Å². The van der Waals surface area contributed by atoms with Crippen molar-refractivity contribution < 1.29 is 24.5 Å². The third kappa shape index (κ3) is 3.95. The first kappa shape index (κ1) is 15.8. The Hall–Kier alpha value is -2.60. The van der Waals surface area contributed by atoms with Gasteiger partial charge in [-0.2, -0.15) is 0 Å². The summed E-state index contributed by atoms with van der Waals surface area (Å²) in [6.45, 7) is 1.75. The fourth-order valence-corrected chi connectivity index (χ4v) is 1.93. The molecule has 0 bridgehead atoms. The summed E-state index contributed by atoms with van der Waals surface area (Å²) in [5.74, 6) is -0.363. The van der Waals surface area contributed by atoms with Gasteiger partial charge in [-0.3, -0.25) is 4.98 Å². The minimum atomic E-state index is -1.07. The highest BCUT2D eigenvalue weighted by Gasteiger charge is 2.15. The predicted octanol–water partition coefficient (Wildman–Crippen LogP) is 2.03. The smallest absolute Gasteiger partial charge is 0.341 e. The maximum Gasteiger partial charge on any atom is 0.341 e.